The van der Waals surface area contributed by atoms with Crippen LogP contribution in [0.25, 0.3) is 0 Å². The molecule has 4 heteroatoms. The molecule has 17 heavy (non-hydrogen) atoms. The van der Waals surface area contributed by atoms with E-state index in [1.807, 2.05) is 21.0 Å². The molecule has 1 aliphatic rings. The van der Waals surface area contributed by atoms with Crippen molar-refractivity contribution in [1.82, 2.24) is 4.90 Å². The van der Waals surface area contributed by atoms with Gasteiger partial charge in [0.25, 0.3) is 0 Å². The van der Waals surface area contributed by atoms with Crippen molar-refractivity contribution in [3.63, 3.8) is 0 Å². The Hall–Kier alpha value is -1.16. The van der Waals surface area contributed by atoms with Crippen LogP contribution in [0.3, 0.4) is 0 Å². The standard InChI is InChI=1S/C13H23N3O/c1-10(15-8-5-9-16(2)3)13-11(14)6-4-7-12(13)17/h4-9,14H2,1-3H3. The summed E-state index contributed by atoms with van der Waals surface area (Å²) >= 11 is 0. The van der Waals surface area contributed by atoms with E-state index in [0.717, 1.165) is 43.8 Å². The summed E-state index contributed by atoms with van der Waals surface area (Å²) in [6.07, 6.45) is 3.32. The third-order valence-corrected chi connectivity index (χ3v) is 2.92. The highest BCUT2D eigenvalue weighted by Gasteiger charge is 2.20. The van der Waals surface area contributed by atoms with Crippen molar-refractivity contribution in [3.8, 4) is 0 Å². The lowest BCUT2D eigenvalue weighted by Gasteiger charge is -2.16. The topological polar surface area (TPSA) is 58.7 Å². The average Bonchev–Trinajstić information content (AvgIpc) is 2.24. The number of Topliss-reactive ketones (excluding diaryl/α,β-unsaturated/α-hetero) is 1. The van der Waals surface area contributed by atoms with Crippen LogP contribution in [0.1, 0.15) is 32.6 Å². The van der Waals surface area contributed by atoms with Crippen LogP contribution in [0.4, 0.5) is 0 Å². The van der Waals surface area contributed by atoms with Gasteiger partial charge in [-0.2, -0.15) is 0 Å². The lowest BCUT2D eigenvalue weighted by atomic mass is 9.92. The fraction of sp³-hybridized carbons (Fsp3) is 0.692. The van der Waals surface area contributed by atoms with Crippen molar-refractivity contribution >= 4 is 11.5 Å². The predicted octanol–water partition coefficient (Wildman–Crippen LogP) is 1.36. The van der Waals surface area contributed by atoms with Crippen molar-refractivity contribution in [1.29, 1.82) is 0 Å². The highest BCUT2D eigenvalue weighted by molar-refractivity contribution is 6.22. The molecule has 0 aromatic carbocycles. The number of rotatable bonds is 5. The summed E-state index contributed by atoms with van der Waals surface area (Å²) in [5.74, 6) is 0.155. The smallest absolute Gasteiger partial charge is 0.166 e. The Morgan fingerprint density at radius 2 is 2.12 bits per heavy atom. The number of hydrogen-bond donors (Lipinski definition) is 1. The molecule has 1 aliphatic carbocycles. The maximum absolute atomic E-state index is 11.8. The number of hydrogen-bond acceptors (Lipinski definition) is 4. The number of ketones is 1. The molecule has 0 heterocycles. The van der Waals surface area contributed by atoms with Crippen LogP contribution >= 0.6 is 0 Å². The zero-order valence-corrected chi connectivity index (χ0v) is 11.1. The molecule has 0 saturated carbocycles. The molecule has 2 N–H and O–H groups in total. The first-order chi connectivity index (χ1) is 8.02. The average molecular weight is 237 g/mol. The Morgan fingerprint density at radius 3 is 2.71 bits per heavy atom. The van der Waals surface area contributed by atoms with Crippen LogP contribution in [0.15, 0.2) is 16.3 Å². The molecule has 1 rings (SSSR count). The van der Waals surface area contributed by atoms with E-state index in [2.05, 4.69) is 9.89 Å². The fourth-order valence-corrected chi connectivity index (χ4v) is 2.02. The van der Waals surface area contributed by atoms with Crippen LogP contribution in [0.2, 0.25) is 0 Å². The molecule has 96 valence electrons. The van der Waals surface area contributed by atoms with Gasteiger partial charge < -0.3 is 10.6 Å². The van der Waals surface area contributed by atoms with Gasteiger partial charge >= 0.3 is 0 Å². The largest absolute Gasteiger partial charge is 0.401 e. The molecular formula is C13H23N3O. The number of nitrogens with zero attached hydrogens (tertiary/aromatic N) is 2. The van der Waals surface area contributed by atoms with E-state index in [0.29, 0.717) is 12.0 Å². The summed E-state index contributed by atoms with van der Waals surface area (Å²) in [6, 6.07) is 0. The lowest BCUT2D eigenvalue weighted by Crippen LogP contribution is -2.21. The number of carbonyl (C=O) groups is 1. The van der Waals surface area contributed by atoms with Crippen molar-refractivity contribution < 1.29 is 4.79 Å². The van der Waals surface area contributed by atoms with Crippen LogP contribution in [0, 0.1) is 0 Å². The summed E-state index contributed by atoms with van der Waals surface area (Å²) in [4.78, 5) is 18.3. The monoisotopic (exact) mass is 237 g/mol. The zero-order valence-electron chi connectivity index (χ0n) is 11.1. The third-order valence-electron chi connectivity index (χ3n) is 2.92. The van der Waals surface area contributed by atoms with Crippen LogP contribution < -0.4 is 5.73 Å². The minimum Gasteiger partial charge on any atom is -0.401 e. The second-order valence-electron chi connectivity index (χ2n) is 4.80. The molecule has 0 amide bonds. The van der Waals surface area contributed by atoms with Gasteiger partial charge in [0, 0.05) is 24.4 Å². The molecule has 0 bridgehead atoms. The molecule has 0 atom stereocenters. The van der Waals surface area contributed by atoms with E-state index >= 15 is 0 Å². The van der Waals surface area contributed by atoms with Crippen molar-refractivity contribution in [2.24, 2.45) is 10.7 Å². The molecule has 0 aliphatic heterocycles. The zero-order chi connectivity index (χ0) is 12.8. The van der Waals surface area contributed by atoms with Crippen molar-refractivity contribution in [3.05, 3.63) is 11.3 Å². The van der Waals surface area contributed by atoms with Crippen LogP contribution in [0.5, 0.6) is 0 Å². The summed E-state index contributed by atoms with van der Waals surface area (Å²) in [6.45, 7) is 3.66. The lowest BCUT2D eigenvalue weighted by molar-refractivity contribution is -0.115. The van der Waals surface area contributed by atoms with E-state index in [9.17, 15) is 4.79 Å². The Morgan fingerprint density at radius 1 is 1.41 bits per heavy atom. The number of nitrogens with two attached hydrogens (primary N) is 1. The molecule has 4 nitrogen and oxygen atoms in total. The van der Waals surface area contributed by atoms with Gasteiger partial charge in [-0.25, -0.2) is 0 Å². The Kier molecular flexibility index (Phi) is 5.35. The first kappa shape index (κ1) is 13.9. The molecule has 0 unspecified atom stereocenters. The quantitative estimate of drug-likeness (QED) is 0.580. The van der Waals surface area contributed by atoms with E-state index < -0.39 is 0 Å². The number of aliphatic imine (C=N–C) groups is 1. The van der Waals surface area contributed by atoms with E-state index in [4.69, 9.17) is 5.73 Å². The van der Waals surface area contributed by atoms with Crippen molar-refractivity contribution in [2.45, 2.75) is 32.6 Å². The SMILES string of the molecule is CC(=NCCCN(C)C)C1=C(N)CCCC1=O. The second-order valence-corrected chi connectivity index (χ2v) is 4.80. The number of carbonyl (C=O) groups excluding carboxylic acids is 1. The first-order valence-corrected chi connectivity index (χ1v) is 6.20. The molecule has 0 radical (unpaired) electrons. The van der Waals surface area contributed by atoms with Gasteiger partial charge in [-0.05, 0) is 46.8 Å². The molecular weight excluding hydrogens is 214 g/mol. The second kappa shape index (κ2) is 6.55. The fourth-order valence-electron chi connectivity index (χ4n) is 2.02. The maximum atomic E-state index is 11.8. The van der Waals surface area contributed by atoms with Crippen LogP contribution in [-0.4, -0.2) is 43.6 Å². The molecule has 0 spiro atoms. The van der Waals surface area contributed by atoms with Gasteiger partial charge in [-0.15, -0.1) is 0 Å². The van der Waals surface area contributed by atoms with Gasteiger partial charge in [-0.1, -0.05) is 0 Å². The summed E-state index contributed by atoms with van der Waals surface area (Å²) in [7, 11) is 4.09. The Balaban J connectivity index is 2.58. The minimum atomic E-state index is 0.155. The predicted molar refractivity (Wildman–Crippen MR) is 71.2 cm³/mol. The van der Waals surface area contributed by atoms with Gasteiger partial charge in [0.15, 0.2) is 5.78 Å². The molecule has 0 aromatic heterocycles. The third kappa shape index (κ3) is 4.30. The summed E-state index contributed by atoms with van der Waals surface area (Å²) < 4.78 is 0. The Bertz CT molecular complexity index is 343. The van der Waals surface area contributed by atoms with E-state index in [-0.39, 0.29) is 5.78 Å². The summed E-state index contributed by atoms with van der Waals surface area (Å²) in [5, 5.41) is 0. The van der Waals surface area contributed by atoms with Crippen LogP contribution in [-0.2, 0) is 4.79 Å². The minimum absolute atomic E-state index is 0.155. The van der Waals surface area contributed by atoms with E-state index in [1.54, 1.807) is 0 Å². The van der Waals surface area contributed by atoms with E-state index in [1.165, 1.54) is 0 Å². The highest BCUT2D eigenvalue weighted by Crippen LogP contribution is 2.19. The molecule has 0 fully saturated rings. The number of allylic oxidation sites excluding steroid dienone is 2. The van der Waals surface area contributed by atoms with Gasteiger partial charge in [0.2, 0.25) is 0 Å². The summed E-state index contributed by atoms with van der Waals surface area (Å²) in [5.41, 5.74) is 8.10. The first-order valence-electron chi connectivity index (χ1n) is 6.20. The maximum Gasteiger partial charge on any atom is 0.166 e. The normalized spacial score (nSPS) is 18.1. The van der Waals surface area contributed by atoms with Crippen molar-refractivity contribution in [2.75, 3.05) is 27.2 Å². The van der Waals surface area contributed by atoms with Gasteiger partial charge in [0.05, 0.1) is 5.57 Å². The molecule has 0 aromatic rings. The Labute approximate surface area is 104 Å². The van der Waals surface area contributed by atoms with Gasteiger partial charge in [-0.3, -0.25) is 9.79 Å². The highest BCUT2D eigenvalue weighted by atomic mass is 16.1. The molecule has 0 saturated heterocycles. The van der Waals surface area contributed by atoms with Gasteiger partial charge in [0.1, 0.15) is 0 Å².